The van der Waals surface area contributed by atoms with Crippen molar-refractivity contribution in [2.75, 3.05) is 17.6 Å². The maximum Gasteiger partial charge on any atom is 0.258 e. The summed E-state index contributed by atoms with van der Waals surface area (Å²) in [6.45, 7) is 1.54. The molecule has 0 fully saturated rings. The molecule has 6 nitrogen and oxygen atoms in total. The van der Waals surface area contributed by atoms with Crippen LogP contribution in [0.15, 0.2) is 24.3 Å². The molecule has 1 amide bonds. The molecule has 100 valence electrons. The minimum atomic E-state index is -3.29. The molecule has 0 aliphatic carbocycles. The Kier molecular flexibility index (Phi) is 4.18. The third-order valence-electron chi connectivity index (χ3n) is 2.41. The fourth-order valence-electron chi connectivity index (χ4n) is 1.19. The molecule has 0 spiro atoms. The summed E-state index contributed by atoms with van der Waals surface area (Å²) in [7, 11) is -1.83. The second-order valence-corrected chi connectivity index (χ2v) is 5.90. The number of carbonyl (C=O) groups excluding carboxylic acids is 1. The lowest BCUT2D eigenvalue weighted by Crippen LogP contribution is -2.30. The number of rotatable bonds is 5. The van der Waals surface area contributed by atoms with Crippen LogP contribution in [0.3, 0.4) is 0 Å². The molecular formula is C11H16N2O4S. The first kappa shape index (κ1) is 14.3. The summed E-state index contributed by atoms with van der Waals surface area (Å²) in [4.78, 5) is 10.8. The van der Waals surface area contributed by atoms with E-state index in [4.69, 9.17) is 10.5 Å². The van der Waals surface area contributed by atoms with Crippen molar-refractivity contribution in [3.05, 3.63) is 24.3 Å². The second-order valence-electron chi connectivity index (χ2n) is 3.89. The minimum Gasteiger partial charge on any atom is -0.481 e. The zero-order valence-electron chi connectivity index (χ0n) is 10.5. The van der Waals surface area contributed by atoms with E-state index in [2.05, 4.69) is 0 Å². The highest BCUT2D eigenvalue weighted by Gasteiger charge is 2.13. The van der Waals surface area contributed by atoms with E-state index in [0.717, 1.165) is 10.6 Å². The number of ether oxygens (including phenoxy) is 1. The lowest BCUT2D eigenvalue weighted by molar-refractivity contribution is -0.123. The standard InChI is InChI=1S/C11H16N2O4S/c1-8(11(12)14)17-10-6-4-9(5-7-10)13(2)18(3,15)16/h4-8H,1-3H3,(H2,12,14)/t8-/m0/s1. The number of hydrogen-bond donors (Lipinski definition) is 1. The smallest absolute Gasteiger partial charge is 0.258 e. The van der Waals surface area contributed by atoms with Gasteiger partial charge >= 0.3 is 0 Å². The Labute approximate surface area is 106 Å². The average Bonchev–Trinajstić information content (AvgIpc) is 2.27. The molecule has 1 aromatic carbocycles. The van der Waals surface area contributed by atoms with Gasteiger partial charge in [-0.2, -0.15) is 0 Å². The van der Waals surface area contributed by atoms with Gasteiger partial charge in [-0.1, -0.05) is 0 Å². The van der Waals surface area contributed by atoms with Crippen molar-refractivity contribution >= 4 is 21.6 Å². The first-order chi connectivity index (χ1) is 8.21. The minimum absolute atomic E-state index is 0.451. The van der Waals surface area contributed by atoms with Gasteiger partial charge in [0.1, 0.15) is 5.75 Å². The van der Waals surface area contributed by atoms with Crippen LogP contribution in [0.4, 0.5) is 5.69 Å². The average molecular weight is 272 g/mol. The topological polar surface area (TPSA) is 89.7 Å². The van der Waals surface area contributed by atoms with Crippen LogP contribution in [0.25, 0.3) is 0 Å². The zero-order valence-corrected chi connectivity index (χ0v) is 11.3. The van der Waals surface area contributed by atoms with Crippen LogP contribution in [-0.4, -0.2) is 33.7 Å². The van der Waals surface area contributed by atoms with Crippen LogP contribution in [-0.2, 0) is 14.8 Å². The van der Waals surface area contributed by atoms with Crippen LogP contribution >= 0.6 is 0 Å². The summed E-state index contributed by atoms with van der Waals surface area (Å²) in [6.07, 6.45) is 0.385. The molecule has 0 heterocycles. The van der Waals surface area contributed by atoms with Gasteiger partial charge in [-0.3, -0.25) is 9.10 Å². The van der Waals surface area contributed by atoms with Gasteiger partial charge in [0, 0.05) is 7.05 Å². The molecule has 0 aliphatic heterocycles. The molecule has 7 heteroatoms. The van der Waals surface area contributed by atoms with Gasteiger partial charge in [-0.05, 0) is 31.2 Å². The molecule has 0 aliphatic rings. The van der Waals surface area contributed by atoms with Gasteiger partial charge in [0.25, 0.3) is 5.91 Å². The predicted molar refractivity (Wildman–Crippen MR) is 69.0 cm³/mol. The van der Waals surface area contributed by atoms with E-state index in [9.17, 15) is 13.2 Å². The van der Waals surface area contributed by atoms with E-state index in [1.165, 1.54) is 7.05 Å². The summed E-state index contributed by atoms with van der Waals surface area (Å²) < 4.78 is 29.0. The van der Waals surface area contributed by atoms with Crippen LogP contribution in [0.5, 0.6) is 5.75 Å². The molecule has 0 saturated heterocycles. The number of nitrogens with zero attached hydrogens (tertiary/aromatic N) is 1. The molecular weight excluding hydrogens is 256 g/mol. The summed E-state index contributed by atoms with van der Waals surface area (Å²) >= 11 is 0. The fraction of sp³-hybridized carbons (Fsp3) is 0.364. The Morgan fingerprint density at radius 3 is 2.22 bits per heavy atom. The quantitative estimate of drug-likeness (QED) is 0.836. The Hall–Kier alpha value is -1.76. The maximum absolute atomic E-state index is 11.3. The lowest BCUT2D eigenvalue weighted by atomic mass is 10.3. The van der Waals surface area contributed by atoms with Gasteiger partial charge in [-0.15, -0.1) is 0 Å². The number of amides is 1. The molecule has 1 aromatic rings. The van der Waals surface area contributed by atoms with Crippen molar-refractivity contribution in [3.63, 3.8) is 0 Å². The van der Waals surface area contributed by atoms with Gasteiger partial charge in [0.05, 0.1) is 11.9 Å². The highest BCUT2D eigenvalue weighted by atomic mass is 32.2. The Morgan fingerprint density at radius 1 is 1.33 bits per heavy atom. The van der Waals surface area contributed by atoms with Crippen LogP contribution < -0.4 is 14.8 Å². The molecule has 0 aromatic heterocycles. The van der Waals surface area contributed by atoms with Crippen molar-refractivity contribution < 1.29 is 17.9 Å². The van der Waals surface area contributed by atoms with Gasteiger partial charge in [0.15, 0.2) is 6.10 Å². The van der Waals surface area contributed by atoms with Crippen LogP contribution in [0.1, 0.15) is 6.92 Å². The second kappa shape index (κ2) is 5.26. The van der Waals surface area contributed by atoms with Crippen molar-refractivity contribution in [2.45, 2.75) is 13.0 Å². The van der Waals surface area contributed by atoms with E-state index in [1.807, 2.05) is 0 Å². The Balaban J connectivity index is 2.84. The maximum atomic E-state index is 11.3. The third-order valence-corrected chi connectivity index (χ3v) is 3.62. The van der Waals surface area contributed by atoms with E-state index in [0.29, 0.717) is 11.4 Å². The molecule has 0 unspecified atom stereocenters. The summed E-state index contributed by atoms with van der Waals surface area (Å²) in [5, 5.41) is 0. The number of carbonyl (C=O) groups is 1. The van der Waals surface area contributed by atoms with E-state index in [1.54, 1.807) is 31.2 Å². The van der Waals surface area contributed by atoms with E-state index < -0.39 is 22.0 Å². The van der Waals surface area contributed by atoms with Gasteiger partial charge in [0.2, 0.25) is 10.0 Å². The van der Waals surface area contributed by atoms with E-state index >= 15 is 0 Å². The molecule has 0 radical (unpaired) electrons. The predicted octanol–water partition coefficient (Wildman–Crippen LogP) is 0.335. The molecule has 1 rings (SSSR count). The Bertz CT molecular complexity index is 524. The van der Waals surface area contributed by atoms with Crippen LogP contribution in [0, 0.1) is 0 Å². The number of primary amides is 1. The summed E-state index contributed by atoms with van der Waals surface area (Å²) in [6, 6.07) is 6.33. The SMILES string of the molecule is C[C@H](Oc1ccc(N(C)S(C)(=O)=O)cc1)C(N)=O. The summed E-state index contributed by atoms with van der Waals surface area (Å²) in [5.41, 5.74) is 5.58. The van der Waals surface area contributed by atoms with Crippen LogP contribution in [0.2, 0.25) is 0 Å². The van der Waals surface area contributed by atoms with Crippen molar-refractivity contribution in [3.8, 4) is 5.75 Å². The number of anilines is 1. The number of hydrogen-bond acceptors (Lipinski definition) is 4. The molecule has 18 heavy (non-hydrogen) atoms. The molecule has 2 N–H and O–H groups in total. The summed E-state index contributed by atoms with van der Waals surface area (Å²) in [5.74, 6) is -0.112. The first-order valence-corrected chi connectivity index (χ1v) is 7.06. The lowest BCUT2D eigenvalue weighted by Gasteiger charge is -2.17. The molecule has 0 saturated carbocycles. The Morgan fingerprint density at radius 2 is 1.83 bits per heavy atom. The highest BCUT2D eigenvalue weighted by molar-refractivity contribution is 7.92. The first-order valence-electron chi connectivity index (χ1n) is 5.21. The van der Waals surface area contributed by atoms with Gasteiger partial charge < -0.3 is 10.5 Å². The third kappa shape index (κ3) is 3.63. The van der Waals surface area contributed by atoms with Crippen molar-refractivity contribution in [1.29, 1.82) is 0 Å². The van der Waals surface area contributed by atoms with Crippen molar-refractivity contribution in [2.24, 2.45) is 5.73 Å². The molecule has 1 atom stereocenters. The number of benzene rings is 1. The monoisotopic (exact) mass is 272 g/mol. The van der Waals surface area contributed by atoms with Crippen molar-refractivity contribution in [1.82, 2.24) is 0 Å². The van der Waals surface area contributed by atoms with Gasteiger partial charge in [-0.25, -0.2) is 8.42 Å². The normalized spacial score (nSPS) is 12.8. The van der Waals surface area contributed by atoms with E-state index in [-0.39, 0.29) is 0 Å². The largest absolute Gasteiger partial charge is 0.481 e. The molecule has 0 bridgehead atoms. The zero-order chi connectivity index (χ0) is 13.9. The highest BCUT2D eigenvalue weighted by Crippen LogP contribution is 2.20. The fourth-order valence-corrected chi connectivity index (χ4v) is 1.69. The number of nitrogens with two attached hydrogens (primary N) is 1. The number of sulfonamides is 1.